The third kappa shape index (κ3) is 4.80. The highest BCUT2D eigenvalue weighted by molar-refractivity contribution is 7.99. The first-order valence-electron chi connectivity index (χ1n) is 10.8. The maximum Gasteiger partial charge on any atom is 0.263 e. The number of anilines is 4. The van der Waals surface area contributed by atoms with Gasteiger partial charge in [-0.3, -0.25) is 9.69 Å². The highest BCUT2D eigenvalue weighted by Gasteiger charge is 2.30. The summed E-state index contributed by atoms with van der Waals surface area (Å²) in [6.45, 7) is 0. The molecule has 176 valence electrons. The molecule has 0 atom stereocenters. The van der Waals surface area contributed by atoms with E-state index < -0.39 is 0 Å². The maximum absolute atomic E-state index is 13.1. The van der Waals surface area contributed by atoms with Gasteiger partial charge in [-0.25, -0.2) is 9.97 Å². The van der Waals surface area contributed by atoms with Gasteiger partial charge in [-0.05, 0) is 47.5 Å². The highest BCUT2D eigenvalue weighted by Crippen LogP contribution is 2.39. The van der Waals surface area contributed by atoms with Crippen LogP contribution in [0.3, 0.4) is 0 Å². The Hall–Kier alpha value is -3.26. The zero-order valence-electron chi connectivity index (χ0n) is 19.0. The summed E-state index contributed by atoms with van der Waals surface area (Å²) < 4.78 is 0. The number of nitrogens with one attached hydrogen (secondary N) is 1. The van der Waals surface area contributed by atoms with Gasteiger partial charge in [0.2, 0.25) is 5.95 Å². The van der Waals surface area contributed by atoms with Crippen LogP contribution in [0.1, 0.15) is 10.4 Å². The number of carbonyl (C=O) groups excluding carboxylic acids is 1. The molecule has 6 nitrogen and oxygen atoms in total. The smallest absolute Gasteiger partial charge is 0.263 e. The molecule has 0 saturated heterocycles. The molecule has 2 heterocycles. The lowest BCUT2D eigenvalue weighted by Gasteiger charge is -2.28. The average Bonchev–Trinajstić information content (AvgIpc) is 2.86. The zero-order chi connectivity index (χ0) is 24.5. The summed E-state index contributed by atoms with van der Waals surface area (Å²) in [5.74, 6) is 0.550. The maximum atomic E-state index is 13.1. The Morgan fingerprint density at radius 3 is 2.20 bits per heavy atom. The van der Waals surface area contributed by atoms with Crippen molar-refractivity contribution in [2.75, 3.05) is 35.1 Å². The fraction of sp³-hybridized carbons (Fsp3) is 0.115. The molecule has 0 radical (unpaired) electrons. The van der Waals surface area contributed by atoms with Crippen molar-refractivity contribution in [3.63, 3.8) is 0 Å². The first-order valence-corrected chi connectivity index (χ1v) is 12.6. The second-order valence-corrected chi connectivity index (χ2v) is 9.88. The lowest BCUT2D eigenvalue weighted by molar-refractivity contribution is 0.0985. The van der Waals surface area contributed by atoms with Crippen molar-refractivity contribution < 1.29 is 4.79 Å². The van der Waals surface area contributed by atoms with Gasteiger partial charge in [0.15, 0.2) is 0 Å². The molecule has 0 saturated carbocycles. The van der Waals surface area contributed by atoms with Crippen molar-refractivity contribution in [2.45, 2.75) is 5.03 Å². The Balaban J connectivity index is 1.32. The second kappa shape index (κ2) is 9.77. The number of hydrogen-bond acceptors (Lipinski definition) is 6. The number of thioether (sulfide) groups is 1. The summed E-state index contributed by atoms with van der Waals surface area (Å²) in [4.78, 5) is 25.7. The van der Waals surface area contributed by atoms with Crippen molar-refractivity contribution >= 4 is 63.9 Å². The molecule has 4 aromatic rings. The largest absolute Gasteiger partial charge is 0.378 e. The van der Waals surface area contributed by atoms with Gasteiger partial charge in [0.25, 0.3) is 5.91 Å². The third-order valence-electron chi connectivity index (χ3n) is 5.63. The second-order valence-electron chi connectivity index (χ2n) is 8.13. The van der Waals surface area contributed by atoms with E-state index in [1.54, 1.807) is 23.1 Å². The van der Waals surface area contributed by atoms with Gasteiger partial charge in [-0.2, -0.15) is 0 Å². The number of benzene rings is 3. The molecule has 1 amide bonds. The Kier molecular flexibility index (Phi) is 6.56. The van der Waals surface area contributed by atoms with E-state index in [1.165, 1.54) is 18.0 Å². The van der Waals surface area contributed by atoms with Crippen LogP contribution in [-0.4, -0.2) is 35.8 Å². The van der Waals surface area contributed by atoms with Gasteiger partial charge in [0.05, 0.1) is 27.2 Å². The summed E-state index contributed by atoms with van der Waals surface area (Å²) in [5.41, 5.74) is 5.19. The van der Waals surface area contributed by atoms with E-state index in [1.807, 2.05) is 26.2 Å². The van der Waals surface area contributed by atoms with Crippen molar-refractivity contribution in [1.82, 2.24) is 9.97 Å². The van der Waals surface area contributed by atoms with E-state index in [9.17, 15) is 4.79 Å². The third-order valence-corrected chi connectivity index (χ3v) is 7.21. The molecule has 0 unspecified atom stereocenters. The molecule has 1 aliphatic rings. The number of amides is 1. The predicted octanol–water partition coefficient (Wildman–Crippen LogP) is 6.97. The normalized spacial score (nSPS) is 12.9. The first kappa shape index (κ1) is 23.5. The fourth-order valence-corrected chi connectivity index (χ4v) is 5.30. The van der Waals surface area contributed by atoms with Gasteiger partial charge < -0.3 is 10.2 Å². The SMILES string of the molecule is CN(C)c1ccc(-c2ccc(Nc3ncc4c(n3)SCN(c3c(Cl)cccc3Cl)C4=O)cc2)cc1. The van der Waals surface area contributed by atoms with Crippen LogP contribution in [0.4, 0.5) is 23.0 Å². The van der Waals surface area contributed by atoms with Gasteiger partial charge in [0.1, 0.15) is 5.03 Å². The van der Waals surface area contributed by atoms with Crippen molar-refractivity contribution in [3.8, 4) is 11.1 Å². The van der Waals surface area contributed by atoms with E-state index in [2.05, 4.69) is 56.6 Å². The predicted molar refractivity (Wildman–Crippen MR) is 146 cm³/mol. The molecule has 0 fully saturated rings. The van der Waals surface area contributed by atoms with E-state index in [4.69, 9.17) is 23.2 Å². The summed E-state index contributed by atoms with van der Waals surface area (Å²) in [7, 11) is 4.05. The van der Waals surface area contributed by atoms with E-state index in [0.29, 0.717) is 38.1 Å². The van der Waals surface area contributed by atoms with Crippen LogP contribution in [-0.2, 0) is 0 Å². The minimum Gasteiger partial charge on any atom is -0.378 e. The topological polar surface area (TPSA) is 61.4 Å². The molecular weight excluding hydrogens is 501 g/mol. The number of rotatable bonds is 5. The Morgan fingerprint density at radius 1 is 0.943 bits per heavy atom. The summed E-state index contributed by atoms with van der Waals surface area (Å²) >= 11 is 14.1. The molecule has 1 N–H and O–H groups in total. The van der Waals surface area contributed by atoms with E-state index in [-0.39, 0.29) is 5.91 Å². The lowest BCUT2D eigenvalue weighted by atomic mass is 10.0. The van der Waals surface area contributed by atoms with E-state index >= 15 is 0 Å². The Bertz CT molecular complexity index is 1370. The number of halogens is 2. The molecule has 3 aromatic carbocycles. The van der Waals surface area contributed by atoms with Crippen molar-refractivity contribution in [1.29, 1.82) is 0 Å². The van der Waals surface area contributed by atoms with Crippen LogP contribution < -0.4 is 15.1 Å². The quantitative estimate of drug-likeness (QED) is 0.286. The molecule has 35 heavy (non-hydrogen) atoms. The van der Waals surface area contributed by atoms with Crippen LogP contribution in [0.2, 0.25) is 10.0 Å². The highest BCUT2D eigenvalue weighted by atomic mass is 35.5. The summed E-state index contributed by atoms with van der Waals surface area (Å²) in [5, 5.41) is 4.68. The lowest BCUT2D eigenvalue weighted by Crippen LogP contribution is -2.35. The van der Waals surface area contributed by atoms with Gasteiger partial charge in [-0.1, -0.05) is 65.3 Å². The van der Waals surface area contributed by atoms with Crippen LogP contribution >= 0.6 is 35.0 Å². The number of aromatic nitrogens is 2. The first-order chi connectivity index (χ1) is 16.9. The number of carbonyl (C=O) groups is 1. The van der Waals surface area contributed by atoms with Crippen LogP contribution in [0.25, 0.3) is 11.1 Å². The van der Waals surface area contributed by atoms with Crippen molar-refractivity contribution in [2.24, 2.45) is 0 Å². The van der Waals surface area contributed by atoms with Gasteiger partial charge >= 0.3 is 0 Å². The summed E-state index contributed by atoms with van der Waals surface area (Å²) in [6, 6.07) is 21.7. The molecule has 0 bridgehead atoms. The van der Waals surface area contributed by atoms with Gasteiger partial charge in [-0.15, -0.1) is 0 Å². The number of hydrogen-bond donors (Lipinski definition) is 1. The minimum atomic E-state index is -0.232. The Morgan fingerprint density at radius 2 is 1.57 bits per heavy atom. The van der Waals surface area contributed by atoms with Gasteiger partial charge in [0, 0.05) is 31.7 Å². The monoisotopic (exact) mass is 521 g/mol. The standard InChI is InChI=1S/C26H21Cl2N5OS/c1-32(2)19-12-8-17(9-13-19)16-6-10-18(11-7-16)30-26-29-14-20-24(31-26)35-15-33(25(20)34)23-21(27)4-3-5-22(23)28/h3-14H,15H2,1-2H3,(H,29,30,31). The molecule has 9 heteroatoms. The minimum absolute atomic E-state index is 0.232. The number of nitrogens with zero attached hydrogens (tertiary/aromatic N) is 4. The molecular formula is C26H21Cl2N5OS. The van der Waals surface area contributed by atoms with E-state index in [0.717, 1.165) is 22.5 Å². The van der Waals surface area contributed by atoms with Crippen LogP contribution in [0, 0.1) is 0 Å². The fourth-order valence-electron chi connectivity index (χ4n) is 3.75. The zero-order valence-corrected chi connectivity index (χ0v) is 21.3. The summed E-state index contributed by atoms with van der Waals surface area (Å²) in [6.07, 6.45) is 1.54. The van der Waals surface area contributed by atoms with Crippen LogP contribution in [0.15, 0.2) is 78.0 Å². The van der Waals surface area contributed by atoms with Crippen LogP contribution in [0.5, 0.6) is 0 Å². The number of fused-ring (bicyclic) bond motifs is 1. The molecule has 0 aliphatic carbocycles. The van der Waals surface area contributed by atoms with Crippen molar-refractivity contribution in [3.05, 3.63) is 88.5 Å². The average molecular weight is 522 g/mol. The molecule has 1 aliphatic heterocycles. The Labute approximate surface area is 217 Å². The number of para-hydroxylation sites is 1. The molecule has 0 spiro atoms. The molecule has 5 rings (SSSR count). The molecule has 1 aromatic heterocycles.